The molecular weight excluding hydrogens is 190 g/mol. The molecule has 0 radical (unpaired) electrons. The third-order valence-corrected chi connectivity index (χ3v) is 2.71. The van der Waals surface area contributed by atoms with Crippen molar-refractivity contribution in [3.8, 4) is 0 Å². The maximum absolute atomic E-state index is 11.5. The number of ether oxygens (including phenoxy) is 1. The molecule has 2 atom stereocenters. The Morgan fingerprint density at radius 3 is 3.00 bits per heavy atom. The lowest BCUT2D eigenvalue weighted by Crippen LogP contribution is -2.27. The zero-order valence-electron chi connectivity index (χ0n) is 9.62. The van der Waals surface area contributed by atoms with Crippen LogP contribution in [0.3, 0.4) is 0 Å². The largest absolute Gasteiger partial charge is 0.469 e. The minimum absolute atomic E-state index is 0.162. The van der Waals surface area contributed by atoms with Crippen LogP contribution < -0.4 is 5.32 Å². The maximum Gasteiger partial charge on any atom is 0.314 e. The Morgan fingerprint density at radius 1 is 1.60 bits per heavy atom. The number of methoxy groups -OCH3 is 1. The highest BCUT2D eigenvalue weighted by atomic mass is 16.5. The fourth-order valence-corrected chi connectivity index (χ4v) is 1.58. The molecule has 0 aromatic rings. The monoisotopic (exact) mass is 209 g/mol. The molecule has 0 saturated heterocycles. The maximum atomic E-state index is 11.5. The topological polar surface area (TPSA) is 38.3 Å². The third-order valence-electron chi connectivity index (χ3n) is 2.71. The molecule has 0 spiro atoms. The predicted octanol–water partition coefficient (Wildman–Crippen LogP) is 1.86. The molecule has 1 aliphatic heterocycles. The fraction of sp³-hybridized carbons (Fsp3) is 0.583. The van der Waals surface area contributed by atoms with E-state index in [1.54, 1.807) is 0 Å². The Kier molecular flexibility index (Phi) is 4.40. The predicted molar refractivity (Wildman–Crippen MR) is 60.2 cm³/mol. The van der Waals surface area contributed by atoms with E-state index in [0.717, 1.165) is 12.0 Å². The van der Waals surface area contributed by atoms with Crippen molar-refractivity contribution in [3.63, 3.8) is 0 Å². The Bertz CT molecular complexity index is 281. The minimum atomic E-state index is -0.167. The molecule has 15 heavy (non-hydrogen) atoms. The molecule has 0 aromatic carbocycles. The molecular formula is C12H19NO2. The highest BCUT2D eigenvalue weighted by Crippen LogP contribution is 2.16. The van der Waals surface area contributed by atoms with Crippen LogP contribution >= 0.6 is 0 Å². The van der Waals surface area contributed by atoms with Crippen LogP contribution in [0.5, 0.6) is 0 Å². The van der Waals surface area contributed by atoms with Crippen molar-refractivity contribution in [1.82, 2.24) is 5.32 Å². The SMILES string of the molecule is COC(=O)C1CN/C=C/C(C)CC=C1C. The first kappa shape index (κ1) is 11.8. The van der Waals surface area contributed by atoms with Crippen LogP contribution in [0.1, 0.15) is 20.3 Å². The Hall–Kier alpha value is -1.25. The molecule has 0 amide bonds. The summed E-state index contributed by atoms with van der Waals surface area (Å²) in [5, 5.41) is 3.13. The second-order valence-corrected chi connectivity index (χ2v) is 4.00. The van der Waals surface area contributed by atoms with Gasteiger partial charge in [-0.25, -0.2) is 0 Å². The summed E-state index contributed by atoms with van der Waals surface area (Å²) in [6, 6.07) is 0. The summed E-state index contributed by atoms with van der Waals surface area (Å²) in [6.45, 7) is 4.75. The highest BCUT2D eigenvalue weighted by molar-refractivity contribution is 5.75. The molecule has 1 rings (SSSR count). The fourth-order valence-electron chi connectivity index (χ4n) is 1.58. The van der Waals surface area contributed by atoms with Gasteiger partial charge < -0.3 is 10.1 Å². The standard InChI is InChI=1S/C12H19NO2/c1-9-4-5-10(2)11(12(14)15-3)8-13-7-6-9/h5-7,9,11,13H,4,8H2,1-3H3/b7-6+,10-5?. The van der Waals surface area contributed by atoms with Crippen molar-refractivity contribution in [2.45, 2.75) is 20.3 Å². The van der Waals surface area contributed by atoms with E-state index in [-0.39, 0.29) is 11.9 Å². The van der Waals surface area contributed by atoms with Crippen LogP contribution in [-0.2, 0) is 9.53 Å². The molecule has 0 saturated carbocycles. The summed E-state index contributed by atoms with van der Waals surface area (Å²) in [5.74, 6) is 0.174. The van der Waals surface area contributed by atoms with E-state index in [2.05, 4.69) is 24.4 Å². The van der Waals surface area contributed by atoms with Gasteiger partial charge in [-0.05, 0) is 25.5 Å². The summed E-state index contributed by atoms with van der Waals surface area (Å²) >= 11 is 0. The van der Waals surface area contributed by atoms with Gasteiger partial charge in [0, 0.05) is 6.54 Å². The summed E-state index contributed by atoms with van der Waals surface area (Å²) in [5.41, 5.74) is 1.09. The van der Waals surface area contributed by atoms with Gasteiger partial charge in [0.1, 0.15) is 0 Å². The van der Waals surface area contributed by atoms with Crippen LogP contribution in [-0.4, -0.2) is 19.6 Å². The van der Waals surface area contributed by atoms with Gasteiger partial charge in [0.15, 0.2) is 0 Å². The summed E-state index contributed by atoms with van der Waals surface area (Å²) in [7, 11) is 1.43. The van der Waals surface area contributed by atoms with Gasteiger partial charge >= 0.3 is 5.97 Å². The first-order valence-corrected chi connectivity index (χ1v) is 5.29. The molecule has 0 aromatic heterocycles. The molecule has 3 nitrogen and oxygen atoms in total. The first-order valence-electron chi connectivity index (χ1n) is 5.29. The number of carbonyl (C=O) groups is 1. The summed E-state index contributed by atoms with van der Waals surface area (Å²) in [4.78, 5) is 11.5. The van der Waals surface area contributed by atoms with Gasteiger partial charge in [0.25, 0.3) is 0 Å². The molecule has 0 bridgehead atoms. The van der Waals surface area contributed by atoms with Crippen LogP contribution in [0.25, 0.3) is 0 Å². The second kappa shape index (κ2) is 5.59. The zero-order chi connectivity index (χ0) is 11.3. The summed E-state index contributed by atoms with van der Waals surface area (Å²) < 4.78 is 4.78. The van der Waals surface area contributed by atoms with E-state index in [1.165, 1.54) is 7.11 Å². The van der Waals surface area contributed by atoms with Gasteiger partial charge in [-0.1, -0.05) is 24.6 Å². The highest BCUT2D eigenvalue weighted by Gasteiger charge is 2.20. The normalized spacial score (nSPS) is 28.9. The van der Waals surface area contributed by atoms with Crippen LogP contribution in [0.2, 0.25) is 0 Å². The van der Waals surface area contributed by atoms with Crippen LogP contribution in [0.15, 0.2) is 23.9 Å². The average Bonchev–Trinajstić information content (AvgIpc) is 2.31. The van der Waals surface area contributed by atoms with E-state index < -0.39 is 0 Å². The van der Waals surface area contributed by atoms with Crippen molar-refractivity contribution in [3.05, 3.63) is 23.9 Å². The molecule has 2 unspecified atom stereocenters. The lowest BCUT2D eigenvalue weighted by atomic mass is 9.98. The quantitative estimate of drug-likeness (QED) is 0.529. The lowest BCUT2D eigenvalue weighted by molar-refractivity contribution is -0.143. The van der Waals surface area contributed by atoms with Crippen molar-refractivity contribution in [2.75, 3.05) is 13.7 Å². The van der Waals surface area contributed by atoms with E-state index in [9.17, 15) is 4.79 Å². The number of hydrogen-bond donors (Lipinski definition) is 1. The van der Waals surface area contributed by atoms with Gasteiger partial charge in [-0.2, -0.15) is 0 Å². The number of hydrogen-bond acceptors (Lipinski definition) is 3. The molecule has 84 valence electrons. The Labute approximate surface area is 91.2 Å². The number of esters is 1. The molecule has 1 heterocycles. The van der Waals surface area contributed by atoms with Gasteiger partial charge in [0.05, 0.1) is 13.0 Å². The molecule has 3 heteroatoms. The third kappa shape index (κ3) is 3.42. The number of carbonyl (C=O) groups excluding carboxylic acids is 1. The molecule has 0 aliphatic carbocycles. The van der Waals surface area contributed by atoms with E-state index in [1.807, 2.05) is 13.1 Å². The molecule has 0 fully saturated rings. The average molecular weight is 209 g/mol. The molecule has 1 aliphatic rings. The van der Waals surface area contributed by atoms with E-state index in [0.29, 0.717) is 12.5 Å². The van der Waals surface area contributed by atoms with Crippen molar-refractivity contribution >= 4 is 5.97 Å². The van der Waals surface area contributed by atoms with Gasteiger partial charge in [0.2, 0.25) is 0 Å². The Morgan fingerprint density at radius 2 is 2.33 bits per heavy atom. The van der Waals surface area contributed by atoms with Crippen molar-refractivity contribution in [2.24, 2.45) is 11.8 Å². The van der Waals surface area contributed by atoms with Crippen molar-refractivity contribution in [1.29, 1.82) is 0 Å². The van der Waals surface area contributed by atoms with E-state index in [4.69, 9.17) is 4.74 Å². The second-order valence-electron chi connectivity index (χ2n) is 4.00. The number of rotatable bonds is 1. The number of allylic oxidation sites excluding steroid dienone is 2. The smallest absolute Gasteiger partial charge is 0.314 e. The van der Waals surface area contributed by atoms with Gasteiger partial charge in [-0.3, -0.25) is 4.79 Å². The molecule has 1 N–H and O–H groups in total. The van der Waals surface area contributed by atoms with Crippen LogP contribution in [0, 0.1) is 11.8 Å². The minimum Gasteiger partial charge on any atom is -0.469 e. The summed E-state index contributed by atoms with van der Waals surface area (Å²) in [6.07, 6.45) is 7.14. The van der Waals surface area contributed by atoms with Crippen molar-refractivity contribution < 1.29 is 9.53 Å². The van der Waals surface area contributed by atoms with Crippen LogP contribution in [0.4, 0.5) is 0 Å². The Balaban J connectivity index is 2.78. The zero-order valence-corrected chi connectivity index (χ0v) is 9.62. The van der Waals surface area contributed by atoms with E-state index >= 15 is 0 Å². The number of nitrogens with one attached hydrogen (secondary N) is 1. The lowest BCUT2D eigenvalue weighted by Gasteiger charge is -2.14. The first-order chi connectivity index (χ1) is 7.15. The van der Waals surface area contributed by atoms with Gasteiger partial charge in [-0.15, -0.1) is 0 Å².